The number of hydrogen-bond acceptors (Lipinski definition) is 11. The van der Waals surface area contributed by atoms with E-state index in [2.05, 4.69) is 43.9 Å². The summed E-state index contributed by atoms with van der Waals surface area (Å²) in [5, 5.41) is 19.6. The number of phenols is 1. The van der Waals surface area contributed by atoms with Gasteiger partial charge in [-0.3, -0.25) is 38.8 Å². The molecule has 278 valence electrons. The number of phenolic OH excluding ortho intramolecular Hbond substituents is 1. The first-order valence-electron chi connectivity index (χ1n) is 15.6. The molecule has 0 aromatic heterocycles. The Morgan fingerprint density at radius 1 is 0.660 bits per heavy atom. The molecule has 20 nitrogen and oxygen atoms in total. The Labute approximate surface area is 294 Å². The molecule has 1 aromatic carbocycles. The number of carbonyl (C=O) groups is 6. The van der Waals surface area contributed by atoms with Gasteiger partial charge in [-0.25, -0.2) is 0 Å². The van der Waals surface area contributed by atoms with Crippen molar-refractivity contribution in [2.75, 3.05) is 18.8 Å². The number of thiol groups is 1. The number of hydrogen-bond donors (Lipinski definition) is 13. The van der Waals surface area contributed by atoms with E-state index in [0.717, 1.165) is 0 Å². The van der Waals surface area contributed by atoms with Gasteiger partial charge in [0, 0.05) is 31.7 Å². The number of primary amides is 2. The molecule has 0 bridgehead atoms. The van der Waals surface area contributed by atoms with Crippen LogP contribution in [-0.4, -0.2) is 102 Å². The molecule has 0 unspecified atom stereocenters. The van der Waals surface area contributed by atoms with Crippen molar-refractivity contribution in [1.29, 1.82) is 0 Å². The summed E-state index contributed by atoms with van der Waals surface area (Å²) >= 11 is 4.00. The van der Waals surface area contributed by atoms with Crippen LogP contribution in [0.1, 0.15) is 44.1 Å². The van der Waals surface area contributed by atoms with E-state index >= 15 is 0 Å². The molecule has 0 aliphatic rings. The summed E-state index contributed by atoms with van der Waals surface area (Å²) in [5.74, 6) is -5.20. The van der Waals surface area contributed by atoms with Crippen LogP contribution in [0, 0.1) is 0 Å². The van der Waals surface area contributed by atoms with Gasteiger partial charge in [-0.1, -0.05) is 12.1 Å². The highest BCUT2D eigenvalue weighted by atomic mass is 32.1. The number of nitrogens with one attached hydrogen (secondary N) is 4. The highest BCUT2D eigenvalue weighted by Crippen LogP contribution is 2.12. The molecule has 0 saturated heterocycles. The lowest BCUT2D eigenvalue weighted by Gasteiger charge is -2.26. The topological polar surface area (TPSA) is 378 Å². The van der Waals surface area contributed by atoms with Crippen LogP contribution < -0.4 is 61.4 Å². The number of nitrogens with two attached hydrogens (primary N) is 7. The predicted octanol–water partition coefficient (Wildman–Crippen LogP) is -5.01. The summed E-state index contributed by atoms with van der Waals surface area (Å²) in [6, 6.07) is -0.285. The smallest absolute Gasteiger partial charge is 0.243 e. The van der Waals surface area contributed by atoms with Crippen LogP contribution in [0.3, 0.4) is 0 Å². The number of guanidine groups is 2. The third-order valence-electron chi connectivity index (χ3n) is 7.04. The monoisotopic (exact) mass is 723 g/mol. The van der Waals surface area contributed by atoms with Crippen LogP contribution in [0.5, 0.6) is 5.75 Å². The second-order valence-corrected chi connectivity index (χ2v) is 11.6. The Kier molecular flexibility index (Phi) is 19.1. The molecular formula is C29H49N13O7S. The van der Waals surface area contributed by atoms with Crippen LogP contribution in [0.25, 0.3) is 0 Å². The second kappa shape index (κ2) is 22.3. The summed E-state index contributed by atoms with van der Waals surface area (Å²) < 4.78 is 0. The van der Waals surface area contributed by atoms with Crippen molar-refractivity contribution in [2.24, 2.45) is 50.1 Å². The summed E-state index contributed by atoms with van der Waals surface area (Å²) in [6.07, 6.45) is -0.186. The van der Waals surface area contributed by atoms with E-state index in [1.165, 1.54) is 12.1 Å². The van der Waals surface area contributed by atoms with Crippen molar-refractivity contribution in [1.82, 2.24) is 21.3 Å². The molecule has 6 amide bonds. The molecule has 0 aliphatic heterocycles. The quantitative estimate of drug-likeness (QED) is 0.0218. The Bertz CT molecular complexity index is 1370. The minimum absolute atomic E-state index is 0.00387. The van der Waals surface area contributed by atoms with Gasteiger partial charge in [-0.05, 0) is 49.8 Å². The second-order valence-electron chi connectivity index (χ2n) is 11.2. The molecular weight excluding hydrogens is 674 g/mol. The Hall–Kier alpha value is -5.31. The zero-order chi connectivity index (χ0) is 37.8. The van der Waals surface area contributed by atoms with E-state index in [-0.39, 0.29) is 81.5 Å². The van der Waals surface area contributed by atoms with Gasteiger partial charge in [-0.15, -0.1) is 0 Å². The van der Waals surface area contributed by atoms with Crippen molar-refractivity contribution in [2.45, 2.75) is 75.2 Å². The average molecular weight is 724 g/mol. The van der Waals surface area contributed by atoms with Gasteiger partial charge in [0.1, 0.15) is 29.9 Å². The number of benzene rings is 1. The minimum Gasteiger partial charge on any atom is -0.508 e. The zero-order valence-electron chi connectivity index (χ0n) is 27.5. The SMILES string of the molecule is NC(=O)CC[C@H](NC(=O)[C@H](CCCN=C(N)N)NC(=O)[C@@H](N)CS)C(=O)N[C@@H](CCCN=C(N)N)C(=O)N[C@@H](Cc1ccc(O)cc1)C(N)=O. The van der Waals surface area contributed by atoms with E-state index in [0.29, 0.717) is 5.56 Å². The van der Waals surface area contributed by atoms with Crippen LogP contribution in [0.2, 0.25) is 0 Å². The van der Waals surface area contributed by atoms with Crippen LogP contribution in [0.4, 0.5) is 0 Å². The largest absolute Gasteiger partial charge is 0.508 e. The number of nitrogens with zero attached hydrogens (tertiary/aromatic N) is 2. The molecule has 19 N–H and O–H groups in total. The van der Waals surface area contributed by atoms with Crippen molar-refractivity contribution in [3.63, 3.8) is 0 Å². The summed E-state index contributed by atoms with van der Waals surface area (Å²) in [4.78, 5) is 84.7. The maximum atomic E-state index is 13.6. The summed E-state index contributed by atoms with van der Waals surface area (Å²) in [7, 11) is 0. The third-order valence-corrected chi connectivity index (χ3v) is 7.43. The molecule has 5 atom stereocenters. The van der Waals surface area contributed by atoms with Gasteiger partial charge in [0.05, 0.1) is 6.04 Å². The lowest BCUT2D eigenvalue weighted by Crippen LogP contribution is -2.59. The van der Waals surface area contributed by atoms with Crippen molar-refractivity contribution in [3.05, 3.63) is 29.8 Å². The fourth-order valence-corrected chi connectivity index (χ4v) is 4.54. The first kappa shape index (κ1) is 42.7. The molecule has 0 radical (unpaired) electrons. The van der Waals surface area contributed by atoms with E-state index in [4.69, 9.17) is 40.1 Å². The predicted molar refractivity (Wildman–Crippen MR) is 189 cm³/mol. The van der Waals surface area contributed by atoms with E-state index < -0.39 is 65.7 Å². The number of rotatable bonds is 23. The lowest BCUT2D eigenvalue weighted by molar-refractivity contribution is -0.135. The fourth-order valence-electron chi connectivity index (χ4n) is 4.37. The van der Waals surface area contributed by atoms with Crippen LogP contribution >= 0.6 is 12.6 Å². The maximum absolute atomic E-state index is 13.6. The highest BCUT2D eigenvalue weighted by molar-refractivity contribution is 7.80. The molecule has 21 heteroatoms. The van der Waals surface area contributed by atoms with Gasteiger partial charge in [-0.2, -0.15) is 12.6 Å². The highest BCUT2D eigenvalue weighted by Gasteiger charge is 2.31. The average Bonchev–Trinajstić information content (AvgIpc) is 3.05. The fraction of sp³-hybridized carbons (Fsp3) is 0.517. The first-order chi connectivity index (χ1) is 23.5. The molecule has 0 fully saturated rings. The molecule has 1 aromatic rings. The van der Waals surface area contributed by atoms with Gasteiger partial charge in [0.15, 0.2) is 11.9 Å². The van der Waals surface area contributed by atoms with Crippen molar-refractivity contribution in [3.8, 4) is 5.75 Å². The zero-order valence-corrected chi connectivity index (χ0v) is 28.4. The van der Waals surface area contributed by atoms with Gasteiger partial charge < -0.3 is 66.5 Å². The molecule has 0 saturated carbocycles. The third kappa shape index (κ3) is 17.2. The van der Waals surface area contributed by atoms with E-state index in [1.54, 1.807) is 12.1 Å². The van der Waals surface area contributed by atoms with Crippen LogP contribution in [-0.2, 0) is 35.2 Å². The van der Waals surface area contributed by atoms with Gasteiger partial charge in [0.2, 0.25) is 35.4 Å². The number of aliphatic imine (C=N–C) groups is 2. The minimum atomic E-state index is -1.41. The van der Waals surface area contributed by atoms with E-state index in [9.17, 15) is 33.9 Å². The molecule has 0 spiro atoms. The normalized spacial score (nSPS) is 13.6. The Morgan fingerprint density at radius 2 is 1.08 bits per heavy atom. The summed E-state index contributed by atoms with van der Waals surface area (Å²) in [5.41, 5.74) is 38.7. The van der Waals surface area contributed by atoms with Crippen LogP contribution in [0.15, 0.2) is 34.3 Å². The first-order valence-corrected chi connectivity index (χ1v) is 16.2. The number of amides is 6. The maximum Gasteiger partial charge on any atom is 0.243 e. The Morgan fingerprint density at radius 3 is 1.48 bits per heavy atom. The standard InChI is InChI=1S/C29H49N13O7S/c30-17(14-50)24(46)39-18(3-1-11-37-28(33)34)25(47)41-20(9-10-22(31)44)27(49)40-19(4-2-12-38-29(35)36)26(48)42-21(23(32)45)13-15-5-7-16(43)8-6-15/h5-8,17-21,43,50H,1-4,9-14,30H2,(H2,31,44)(H2,32,45)(H,39,46)(H,40,49)(H,41,47)(H,42,48)(H4,33,34,37)(H4,35,36,38)/t17-,18-,19-,20-,21-/m0/s1. The molecule has 0 aliphatic carbocycles. The number of aromatic hydroxyl groups is 1. The van der Waals surface area contributed by atoms with Crippen molar-refractivity contribution >= 4 is 60.0 Å². The number of carbonyl (C=O) groups excluding carboxylic acids is 6. The van der Waals surface area contributed by atoms with Gasteiger partial charge >= 0.3 is 0 Å². The molecule has 50 heavy (non-hydrogen) atoms. The molecule has 0 heterocycles. The van der Waals surface area contributed by atoms with E-state index in [1.807, 2.05) is 0 Å². The van der Waals surface area contributed by atoms with Gasteiger partial charge in [0.25, 0.3) is 0 Å². The molecule has 1 rings (SSSR count). The van der Waals surface area contributed by atoms with Crippen molar-refractivity contribution < 1.29 is 33.9 Å². The lowest BCUT2D eigenvalue weighted by atomic mass is 10.0. The Balaban J connectivity index is 3.28. The summed E-state index contributed by atoms with van der Waals surface area (Å²) in [6.45, 7) is 0.216.